The molecular weight excluding hydrogens is 387 g/mol. The zero-order valence-corrected chi connectivity index (χ0v) is 14.7. The molecule has 14 nitrogen and oxygen atoms in total. The zero-order chi connectivity index (χ0) is 19.8. The van der Waals surface area contributed by atoms with Crippen LogP contribution in [-0.4, -0.2) is 72.7 Å². The molecule has 0 saturated carbocycles. The molecule has 0 radical (unpaired) electrons. The van der Waals surface area contributed by atoms with E-state index in [2.05, 4.69) is 19.5 Å². The number of fused-ring (bicyclic) bond motifs is 1. The van der Waals surface area contributed by atoms with Crippen molar-refractivity contribution in [2.24, 2.45) is 5.73 Å². The largest absolute Gasteiger partial charge is 0.472 e. The normalized spacial score (nSPS) is 27.9. The van der Waals surface area contributed by atoms with Crippen LogP contribution in [0.3, 0.4) is 0 Å². The van der Waals surface area contributed by atoms with Gasteiger partial charge in [0.2, 0.25) is 5.95 Å². The van der Waals surface area contributed by atoms with Crippen molar-refractivity contribution in [3.8, 4) is 0 Å². The lowest BCUT2D eigenvalue weighted by Crippen LogP contribution is -2.33. The maximum atomic E-state index is 11.8. The summed E-state index contributed by atoms with van der Waals surface area (Å²) in [5.74, 6) is -0.166. The number of rotatable bonds is 7. The van der Waals surface area contributed by atoms with Crippen LogP contribution in [0.15, 0.2) is 11.1 Å². The van der Waals surface area contributed by atoms with Gasteiger partial charge in [0.05, 0.1) is 19.5 Å². The van der Waals surface area contributed by atoms with Gasteiger partial charge in [0.25, 0.3) is 5.56 Å². The Bertz CT molecular complexity index is 917. The van der Waals surface area contributed by atoms with Crippen LogP contribution in [0.5, 0.6) is 0 Å². The Morgan fingerprint density at radius 3 is 2.81 bits per heavy atom. The second kappa shape index (κ2) is 7.61. The van der Waals surface area contributed by atoms with E-state index in [4.69, 9.17) is 20.7 Å². The number of nitrogens with one attached hydrogen (secondary N) is 1. The number of nitrogens with zero attached hydrogens (tertiary/aromatic N) is 3. The number of aromatic amines is 1. The molecule has 0 bridgehead atoms. The highest BCUT2D eigenvalue weighted by Gasteiger charge is 2.45. The highest BCUT2D eigenvalue weighted by atomic mass is 31.2. The monoisotopic (exact) mass is 406 g/mol. The summed E-state index contributed by atoms with van der Waals surface area (Å²) in [6.07, 6.45) is -4.07. The Labute approximate surface area is 151 Å². The Kier molecular flexibility index (Phi) is 5.60. The van der Waals surface area contributed by atoms with Gasteiger partial charge in [-0.25, -0.2) is 9.55 Å². The van der Waals surface area contributed by atoms with Gasteiger partial charge in [-0.3, -0.25) is 23.4 Å². The molecule has 2 aromatic heterocycles. The SMILES string of the molecule is NCCOP(=O)(O)OCC1OC(n2cnc3c(=O)[nH]c(N)nc32)C(O)C1O. The van der Waals surface area contributed by atoms with Crippen molar-refractivity contribution < 1.29 is 33.5 Å². The molecule has 0 spiro atoms. The number of aromatic nitrogens is 4. The number of aliphatic hydroxyl groups is 2. The van der Waals surface area contributed by atoms with Gasteiger partial charge in [-0.05, 0) is 0 Å². The van der Waals surface area contributed by atoms with E-state index in [1.807, 2.05) is 0 Å². The Morgan fingerprint density at radius 2 is 2.11 bits per heavy atom. The fourth-order valence-corrected chi connectivity index (χ4v) is 3.34. The molecule has 8 N–H and O–H groups in total. The first kappa shape index (κ1) is 19.9. The number of H-pyrrole nitrogens is 1. The molecule has 1 aliphatic rings. The molecule has 2 aromatic rings. The number of phosphoric acid groups is 1. The summed E-state index contributed by atoms with van der Waals surface area (Å²) in [6, 6.07) is 0. The van der Waals surface area contributed by atoms with Gasteiger partial charge >= 0.3 is 7.82 Å². The smallest absolute Gasteiger partial charge is 0.387 e. The third-order valence-corrected chi connectivity index (χ3v) is 4.82. The number of anilines is 1. The molecule has 27 heavy (non-hydrogen) atoms. The van der Waals surface area contributed by atoms with Crippen molar-refractivity contribution in [3.63, 3.8) is 0 Å². The first-order chi connectivity index (χ1) is 12.7. The highest BCUT2D eigenvalue weighted by molar-refractivity contribution is 7.47. The number of aliphatic hydroxyl groups excluding tert-OH is 2. The summed E-state index contributed by atoms with van der Waals surface area (Å²) in [7, 11) is -4.39. The van der Waals surface area contributed by atoms with Crippen LogP contribution >= 0.6 is 7.82 Å². The zero-order valence-electron chi connectivity index (χ0n) is 13.8. The lowest BCUT2D eigenvalue weighted by Gasteiger charge is -2.17. The van der Waals surface area contributed by atoms with Crippen LogP contribution in [0.2, 0.25) is 0 Å². The predicted octanol–water partition coefficient (Wildman–Crippen LogP) is -2.59. The number of hydrogen-bond acceptors (Lipinski definition) is 11. The average molecular weight is 406 g/mol. The van der Waals surface area contributed by atoms with Gasteiger partial charge in [0.15, 0.2) is 17.4 Å². The lowest BCUT2D eigenvalue weighted by molar-refractivity contribution is -0.0513. The van der Waals surface area contributed by atoms with Crippen LogP contribution in [0.1, 0.15) is 6.23 Å². The highest BCUT2D eigenvalue weighted by Crippen LogP contribution is 2.44. The topological polar surface area (TPSA) is 221 Å². The minimum Gasteiger partial charge on any atom is -0.387 e. The fraction of sp³-hybridized carbons (Fsp3) is 0.583. The molecule has 5 unspecified atom stereocenters. The summed E-state index contributed by atoms with van der Waals surface area (Å²) in [5.41, 5.74) is 10.1. The summed E-state index contributed by atoms with van der Waals surface area (Å²) < 4.78 is 27.7. The third-order valence-electron chi connectivity index (χ3n) is 3.84. The first-order valence-corrected chi connectivity index (χ1v) is 9.29. The standard InChI is InChI=1S/C12H19N6O8P/c13-1-2-24-27(22,23)25-3-5-7(19)8(20)11(26-5)18-4-15-6-9(18)16-12(14)17-10(6)21/h4-5,7-8,11,19-20H,1-3,13H2,(H,22,23)(H3,14,16,17,21). The molecule has 1 fully saturated rings. The Hall–Kier alpha value is -1.90. The maximum absolute atomic E-state index is 11.8. The molecule has 0 amide bonds. The molecule has 15 heteroatoms. The van der Waals surface area contributed by atoms with Crippen LogP contribution in [0, 0.1) is 0 Å². The second-order valence-corrected chi connectivity index (χ2v) is 7.16. The van der Waals surface area contributed by atoms with Gasteiger partial charge in [0, 0.05) is 6.54 Å². The number of ether oxygens (including phenoxy) is 1. The van der Waals surface area contributed by atoms with Crippen LogP contribution in [-0.2, 0) is 18.3 Å². The van der Waals surface area contributed by atoms with E-state index in [0.29, 0.717) is 0 Å². The van der Waals surface area contributed by atoms with E-state index in [1.165, 1.54) is 10.9 Å². The molecule has 3 heterocycles. The van der Waals surface area contributed by atoms with Gasteiger partial charge in [0.1, 0.15) is 18.3 Å². The number of imidazole rings is 1. The molecule has 1 aliphatic heterocycles. The van der Waals surface area contributed by atoms with Crippen molar-refractivity contribution in [2.45, 2.75) is 24.5 Å². The van der Waals surface area contributed by atoms with Crippen LogP contribution in [0.25, 0.3) is 11.2 Å². The van der Waals surface area contributed by atoms with E-state index in [9.17, 15) is 24.5 Å². The van der Waals surface area contributed by atoms with E-state index in [0.717, 1.165) is 0 Å². The fourth-order valence-electron chi connectivity index (χ4n) is 2.60. The van der Waals surface area contributed by atoms with Crippen molar-refractivity contribution >= 4 is 24.9 Å². The number of hydrogen-bond donors (Lipinski definition) is 6. The van der Waals surface area contributed by atoms with E-state index >= 15 is 0 Å². The summed E-state index contributed by atoms with van der Waals surface area (Å²) in [5, 5.41) is 20.4. The maximum Gasteiger partial charge on any atom is 0.472 e. The molecule has 0 aliphatic carbocycles. The van der Waals surface area contributed by atoms with Gasteiger partial charge in [-0.2, -0.15) is 4.98 Å². The second-order valence-electron chi connectivity index (χ2n) is 5.71. The predicted molar refractivity (Wildman–Crippen MR) is 89.3 cm³/mol. The van der Waals surface area contributed by atoms with Crippen molar-refractivity contribution in [1.29, 1.82) is 0 Å². The quantitative estimate of drug-likeness (QED) is 0.261. The van der Waals surface area contributed by atoms with E-state index in [1.54, 1.807) is 0 Å². The minimum atomic E-state index is -4.39. The summed E-state index contributed by atoms with van der Waals surface area (Å²) in [4.78, 5) is 31.4. The van der Waals surface area contributed by atoms with Crippen molar-refractivity contribution in [1.82, 2.24) is 19.5 Å². The van der Waals surface area contributed by atoms with Gasteiger partial charge in [-0.1, -0.05) is 0 Å². The molecular formula is C12H19N6O8P. The third kappa shape index (κ3) is 4.02. The van der Waals surface area contributed by atoms with Gasteiger partial charge < -0.3 is 31.3 Å². The van der Waals surface area contributed by atoms with Crippen molar-refractivity contribution in [3.05, 3.63) is 16.7 Å². The van der Waals surface area contributed by atoms with Gasteiger partial charge in [-0.15, -0.1) is 0 Å². The first-order valence-electron chi connectivity index (χ1n) is 7.79. The van der Waals surface area contributed by atoms with E-state index in [-0.39, 0.29) is 30.3 Å². The molecule has 1 saturated heterocycles. The van der Waals surface area contributed by atoms with E-state index < -0.39 is 44.5 Å². The molecule has 3 rings (SSSR count). The van der Waals surface area contributed by atoms with Crippen LogP contribution in [0.4, 0.5) is 5.95 Å². The van der Waals surface area contributed by atoms with Crippen LogP contribution < -0.4 is 17.0 Å². The number of phosphoric ester groups is 1. The molecule has 150 valence electrons. The van der Waals surface area contributed by atoms with Crippen molar-refractivity contribution in [2.75, 3.05) is 25.5 Å². The average Bonchev–Trinajstić information content (AvgIpc) is 3.14. The minimum absolute atomic E-state index is 0.0141. The summed E-state index contributed by atoms with van der Waals surface area (Å²) in [6.45, 7) is -0.730. The lowest BCUT2D eigenvalue weighted by atomic mass is 10.1. The number of nitrogen functional groups attached to an aromatic ring is 1. The Morgan fingerprint density at radius 1 is 1.37 bits per heavy atom. The Balaban J connectivity index is 1.78. The summed E-state index contributed by atoms with van der Waals surface area (Å²) >= 11 is 0. The molecule has 0 aromatic carbocycles. The molecule has 5 atom stereocenters. The number of nitrogens with two attached hydrogens (primary N) is 2.